The summed E-state index contributed by atoms with van der Waals surface area (Å²) in [6.07, 6.45) is -3.85. The topological polar surface area (TPSA) is 117 Å². The molecule has 1 aromatic heterocycles. The summed E-state index contributed by atoms with van der Waals surface area (Å²) >= 11 is 0. The Morgan fingerprint density at radius 2 is 2.00 bits per heavy atom. The number of alkyl halides is 4. The van der Waals surface area contributed by atoms with Crippen LogP contribution in [0.2, 0.25) is 0 Å². The van der Waals surface area contributed by atoms with Gasteiger partial charge in [-0.05, 0) is 19.3 Å². The van der Waals surface area contributed by atoms with Crippen LogP contribution in [0.25, 0.3) is 0 Å². The van der Waals surface area contributed by atoms with Gasteiger partial charge in [-0.25, -0.2) is 4.39 Å². The van der Waals surface area contributed by atoms with Crippen LogP contribution in [0.1, 0.15) is 36.0 Å². The van der Waals surface area contributed by atoms with Crippen LogP contribution in [0, 0.1) is 17.2 Å². The van der Waals surface area contributed by atoms with Crippen LogP contribution in [0.15, 0.2) is 6.20 Å². The smallest absolute Gasteiger partial charge is 0.365 e. The Labute approximate surface area is 163 Å². The van der Waals surface area contributed by atoms with E-state index in [4.69, 9.17) is 5.73 Å². The van der Waals surface area contributed by atoms with Gasteiger partial charge in [-0.2, -0.15) is 23.5 Å². The number of primary amides is 1. The van der Waals surface area contributed by atoms with Crippen LogP contribution in [0.3, 0.4) is 0 Å². The number of anilines is 1. The second kappa shape index (κ2) is 7.62. The van der Waals surface area contributed by atoms with Crippen molar-refractivity contribution in [2.75, 3.05) is 25.0 Å². The Balaban J connectivity index is 1.82. The minimum absolute atomic E-state index is 0.0463. The van der Waals surface area contributed by atoms with E-state index < -0.39 is 42.2 Å². The maximum atomic E-state index is 13.1. The van der Waals surface area contributed by atoms with Crippen LogP contribution in [-0.4, -0.2) is 58.5 Å². The van der Waals surface area contributed by atoms with E-state index >= 15 is 0 Å². The molecule has 2 atom stereocenters. The number of nitrogens with one attached hydrogen (secondary N) is 1. The van der Waals surface area contributed by atoms with Crippen LogP contribution < -0.4 is 11.1 Å². The number of carbonyl (C=O) groups is 2. The summed E-state index contributed by atoms with van der Waals surface area (Å²) in [5.41, 5.74) is 4.30. The lowest BCUT2D eigenvalue weighted by Gasteiger charge is -2.40. The van der Waals surface area contributed by atoms with E-state index in [1.165, 1.54) is 15.8 Å². The fourth-order valence-electron chi connectivity index (χ4n) is 3.55. The average Bonchev–Trinajstić information content (AvgIpc) is 3.19. The third kappa shape index (κ3) is 4.67. The molecular weight excluding hydrogens is 396 g/mol. The number of rotatable bonds is 6. The lowest BCUT2D eigenvalue weighted by Crippen LogP contribution is -2.48. The number of halogens is 4. The number of nitriles is 1. The van der Waals surface area contributed by atoms with Gasteiger partial charge >= 0.3 is 6.18 Å². The third-order valence-corrected chi connectivity index (χ3v) is 5.35. The molecule has 158 valence electrons. The number of aromatic nitrogens is 2. The fraction of sp³-hybridized carbons (Fsp3) is 0.647. The van der Waals surface area contributed by atoms with Gasteiger partial charge in [0.2, 0.25) is 5.91 Å². The van der Waals surface area contributed by atoms with Crippen molar-refractivity contribution in [3.8, 4) is 6.07 Å². The molecule has 1 saturated carbocycles. The molecule has 1 aliphatic carbocycles. The molecule has 2 aliphatic rings. The molecule has 2 fully saturated rings. The van der Waals surface area contributed by atoms with Gasteiger partial charge in [0.25, 0.3) is 5.91 Å². The molecule has 0 radical (unpaired) electrons. The summed E-state index contributed by atoms with van der Waals surface area (Å²) in [5.74, 6) is -2.45. The van der Waals surface area contributed by atoms with Crippen LogP contribution >= 0.6 is 0 Å². The zero-order chi connectivity index (χ0) is 21.4. The Hall–Kier alpha value is -2.68. The molecule has 12 heteroatoms. The first-order valence-electron chi connectivity index (χ1n) is 9.05. The van der Waals surface area contributed by atoms with Gasteiger partial charge < -0.3 is 11.1 Å². The van der Waals surface area contributed by atoms with Crippen LogP contribution in [0.5, 0.6) is 0 Å². The van der Waals surface area contributed by atoms with Crippen molar-refractivity contribution < 1.29 is 27.2 Å². The van der Waals surface area contributed by atoms with Gasteiger partial charge in [0.1, 0.15) is 11.7 Å². The Morgan fingerprint density at radius 1 is 1.38 bits per heavy atom. The van der Waals surface area contributed by atoms with Gasteiger partial charge in [-0.1, -0.05) is 0 Å². The summed E-state index contributed by atoms with van der Waals surface area (Å²) in [6.45, 7) is -0.880. The van der Waals surface area contributed by atoms with E-state index in [9.17, 15) is 32.4 Å². The molecule has 1 aliphatic heterocycles. The van der Waals surface area contributed by atoms with Crippen molar-refractivity contribution >= 4 is 17.6 Å². The third-order valence-electron chi connectivity index (χ3n) is 5.35. The van der Waals surface area contributed by atoms with E-state index in [0.717, 1.165) is 0 Å². The highest BCUT2D eigenvalue weighted by Crippen LogP contribution is 2.37. The summed E-state index contributed by atoms with van der Waals surface area (Å²) in [6, 6.07) is 2.02. The van der Waals surface area contributed by atoms with E-state index in [0.29, 0.717) is 0 Å². The molecule has 0 aromatic carbocycles. The number of carbonyl (C=O) groups excluding carboxylic acids is 2. The number of hydrogen-bond donors (Lipinski definition) is 2. The molecule has 3 rings (SSSR count). The van der Waals surface area contributed by atoms with Crippen molar-refractivity contribution in [3.63, 3.8) is 0 Å². The predicted octanol–water partition coefficient (Wildman–Crippen LogP) is 1.55. The SMILES string of the molecule is N#CCC1(n2cc(C(N)=O)c(NC(=O)[C@@H]3C[C@@H]3F)n2)CCN(CC(F)(F)F)CC1. The molecule has 0 bridgehead atoms. The van der Waals surface area contributed by atoms with Gasteiger partial charge in [-0.3, -0.25) is 19.2 Å². The zero-order valence-electron chi connectivity index (χ0n) is 15.4. The lowest BCUT2D eigenvalue weighted by atomic mass is 9.85. The molecule has 1 saturated heterocycles. The lowest BCUT2D eigenvalue weighted by molar-refractivity contribution is -0.150. The minimum Gasteiger partial charge on any atom is -0.365 e. The van der Waals surface area contributed by atoms with Crippen molar-refractivity contribution in [2.45, 2.75) is 43.6 Å². The fourth-order valence-corrected chi connectivity index (χ4v) is 3.55. The van der Waals surface area contributed by atoms with Crippen molar-refractivity contribution in [3.05, 3.63) is 11.8 Å². The number of nitrogens with zero attached hydrogens (tertiary/aromatic N) is 4. The minimum atomic E-state index is -4.32. The van der Waals surface area contributed by atoms with Crippen LogP contribution in [0.4, 0.5) is 23.4 Å². The van der Waals surface area contributed by atoms with Gasteiger partial charge in [0.05, 0.1) is 30.5 Å². The summed E-state index contributed by atoms with van der Waals surface area (Å²) in [7, 11) is 0. The highest BCUT2D eigenvalue weighted by Gasteiger charge is 2.45. The molecule has 1 aromatic rings. The summed E-state index contributed by atoms with van der Waals surface area (Å²) in [5, 5.41) is 15.8. The molecule has 2 amide bonds. The highest BCUT2D eigenvalue weighted by atomic mass is 19.4. The standard InChI is InChI=1S/C17H20F4N6O2/c18-12-7-10(12)15(29)24-14-11(13(23)28)8-27(25-14)16(1-4-22)2-5-26(6-3-16)9-17(19,20)21/h8,10,12H,1-3,5-7,9H2,(H2,23,28)(H,24,25,29)/t10-,12+/m1/s1. The number of likely N-dealkylation sites (tertiary alicyclic amines) is 1. The molecular formula is C17H20F4N6O2. The first-order chi connectivity index (χ1) is 13.5. The summed E-state index contributed by atoms with van der Waals surface area (Å²) < 4.78 is 52.3. The summed E-state index contributed by atoms with van der Waals surface area (Å²) in [4.78, 5) is 25.0. The number of nitrogens with two attached hydrogens (primary N) is 1. The van der Waals surface area contributed by atoms with Gasteiger partial charge in [-0.15, -0.1) is 0 Å². The first kappa shape index (κ1) is 21.0. The number of piperidine rings is 1. The maximum Gasteiger partial charge on any atom is 0.401 e. The van der Waals surface area contributed by atoms with Crippen molar-refractivity contribution in [1.82, 2.24) is 14.7 Å². The maximum absolute atomic E-state index is 13.1. The molecule has 0 unspecified atom stereocenters. The predicted molar refractivity (Wildman–Crippen MR) is 92.3 cm³/mol. The quantitative estimate of drug-likeness (QED) is 0.683. The van der Waals surface area contributed by atoms with Crippen molar-refractivity contribution in [2.24, 2.45) is 11.7 Å². The van der Waals surface area contributed by atoms with E-state index in [1.54, 1.807) is 0 Å². The average molecular weight is 416 g/mol. The number of amides is 2. The van der Waals surface area contributed by atoms with E-state index in [-0.39, 0.29) is 50.2 Å². The second-order valence-electron chi connectivity index (χ2n) is 7.50. The molecule has 8 nitrogen and oxygen atoms in total. The molecule has 0 spiro atoms. The normalized spacial score (nSPS) is 24.0. The Kier molecular flexibility index (Phi) is 5.53. The monoisotopic (exact) mass is 416 g/mol. The molecule has 3 N–H and O–H groups in total. The molecule has 2 heterocycles. The van der Waals surface area contributed by atoms with Crippen molar-refractivity contribution in [1.29, 1.82) is 5.26 Å². The van der Waals surface area contributed by atoms with E-state index in [1.807, 2.05) is 6.07 Å². The van der Waals surface area contributed by atoms with Crippen LogP contribution in [-0.2, 0) is 10.3 Å². The largest absolute Gasteiger partial charge is 0.401 e. The first-order valence-corrected chi connectivity index (χ1v) is 9.05. The number of hydrogen-bond acceptors (Lipinski definition) is 5. The Bertz CT molecular complexity index is 838. The Morgan fingerprint density at radius 3 is 2.48 bits per heavy atom. The van der Waals surface area contributed by atoms with E-state index in [2.05, 4.69) is 10.4 Å². The second-order valence-corrected chi connectivity index (χ2v) is 7.50. The highest BCUT2D eigenvalue weighted by molar-refractivity contribution is 6.03. The van der Waals surface area contributed by atoms with Gasteiger partial charge in [0.15, 0.2) is 5.82 Å². The van der Waals surface area contributed by atoms with Gasteiger partial charge in [0, 0.05) is 19.3 Å². The zero-order valence-corrected chi connectivity index (χ0v) is 15.4. The molecule has 29 heavy (non-hydrogen) atoms.